The summed E-state index contributed by atoms with van der Waals surface area (Å²) in [4.78, 5) is 0.0320. The van der Waals surface area contributed by atoms with E-state index < -0.39 is 9.84 Å². The molecule has 0 fully saturated rings. The van der Waals surface area contributed by atoms with E-state index in [1.807, 2.05) is 17.6 Å². The van der Waals surface area contributed by atoms with Crippen molar-refractivity contribution < 1.29 is 12.8 Å². The zero-order valence-corrected chi connectivity index (χ0v) is 18.1. The summed E-state index contributed by atoms with van der Waals surface area (Å²) >= 11 is 13.2. The smallest absolute Gasteiger partial charge is 0.191 e. The van der Waals surface area contributed by atoms with Crippen molar-refractivity contribution in [1.29, 1.82) is 0 Å². The standard InChI is InChI=1S/C18H17Cl2N3O3S2/c1-3-7-23-17(14-6-8-26-12(14)2)21-22-18(23)27-9-10-28(24,25)16-11-13(19)4-5-15(16)20/h3-6,8,11H,1,7,9-10H2,2H3. The third kappa shape index (κ3) is 4.46. The van der Waals surface area contributed by atoms with Crippen LogP contribution in [-0.2, 0) is 16.4 Å². The zero-order chi connectivity index (χ0) is 20.3. The Balaban J connectivity index is 1.78. The van der Waals surface area contributed by atoms with Gasteiger partial charge in [-0.3, -0.25) is 4.57 Å². The quantitative estimate of drug-likeness (QED) is 0.353. The topological polar surface area (TPSA) is 78.0 Å². The third-order valence-electron chi connectivity index (χ3n) is 3.94. The summed E-state index contributed by atoms with van der Waals surface area (Å²) in [7, 11) is -3.58. The third-order valence-corrected chi connectivity index (χ3v) is 7.59. The van der Waals surface area contributed by atoms with Crippen molar-refractivity contribution in [3.05, 3.63) is 59.0 Å². The Bertz CT molecular complexity index is 1110. The molecular formula is C18H17Cl2N3O3S2. The van der Waals surface area contributed by atoms with Crippen LogP contribution in [0, 0.1) is 6.92 Å². The molecule has 6 nitrogen and oxygen atoms in total. The highest BCUT2D eigenvalue weighted by Gasteiger charge is 2.21. The van der Waals surface area contributed by atoms with E-state index in [4.69, 9.17) is 27.6 Å². The second-order valence-corrected chi connectivity index (χ2v) is 9.82. The van der Waals surface area contributed by atoms with Gasteiger partial charge in [-0.05, 0) is 31.2 Å². The van der Waals surface area contributed by atoms with Gasteiger partial charge in [-0.25, -0.2) is 8.42 Å². The predicted molar refractivity (Wildman–Crippen MR) is 112 cm³/mol. The highest BCUT2D eigenvalue weighted by molar-refractivity contribution is 8.00. The van der Waals surface area contributed by atoms with Crippen LogP contribution in [0.5, 0.6) is 0 Å². The number of sulfone groups is 1. The first-order chi connectivity index (χ1) is 13.3. The van der Waals surface area contributed by atoms with Crippen molar-refractivity contribution >= 4 is 44.8 Å². The molecule has 0 unspecified atom stereocenters. The molecule has 0 amide bonds. The van der Waals surface area contributed by atoms with E-state index >= 15 is 0 Å². The van der Waals surface area contributed by atoms with Crippen LogP contribution in [0.1, 0.15) is 5.76 Å². The second kappa shape index (κ2) is 8.73. The predicted octanol–water partition coefficient (Wildman–Crippen LogP) is 4.91. The number of halogens is 2. The highest BCUT2D eigenvalue weighted by atomic mass is 35.5. The minimum absolute atomic E-state index is 0.0320. The van der Waals surface area contributed by atoms with Gasteiger partial charge in [-0.15, -0.1) is 16.8 Å². The molecule has 10 heteroatoms. The molecular weight excluding hydrogens is 441 g/mol. The molecule has 0 aliphatic heterocycles. The Morgan fingerprint density at radius 2 is 2.07 bits per heavy atom. The van der Waals surface area contributed by atoms with Crippen LogP contribution in [-0.4, -0.2) is 34.7 Å². The molecule has 0 spiro atoms. The maximum absolute atomic E-state index is 12.6. The van der Waals surface area contributed by atoms with Gasteiger partial charge in [0.05, 0.1) is 27.5 Å². The minimum atomic E-state index is -3.58. The van der Waals surface area contributed by atoms with Gasteiger partial charge in [0.15, 0.2) is 20.8 Å². The van der Waals surface area contributed by atoms with Crippen molar-refractivity contribution in [1.82, 2.24) is 14.8 Å². The molecule has 0 N–H and O–H groups in total. The first-order valence-electron chi connectivity index (χ1n) is 8.22. The second-order valence-electron chi connectivity index (χ2n) is 5.84. The fourth-order valence-electron chi connectivity index (χ4n) is 2.57. The zero-order valence-electron chi connectivity index (χ0n) is 14.9. The van der Waals surface area contributed by atoms with E-state index in [2.05, 4.69) is 16.8 Å². The van der Waals surface area contributed by atoms with Gasteiger partial charge in [0.2, 0.25) is 0 Å². The maximum atomic E-state index is 12.6. The lowest BCUT2D eigenvalue weighted by atomic mass is 10.2. The summed E-state index contributed by atoms with van der Waals surface area (Å²) in [6.45, 7) is 6.10. The molecule has 3 aromatic rings. The van der Waals surface area contributed by atoms with Gasteiger partial charge in [-0.2, -0.15) is 0 Å². The Morgan fingerprint density at radius 1 is 1.29 bits per heavy atom. The van der Waals surface area contributed by atoms with Crippen molar-refractivity contribution in [2.24, 2.45) is 0 Å². The Labute approximate surface area is 177 Å². The summed E-state index contributed by atoms with van der Waals surface area (Å²) < 4.78 is 32.4. The van der Waals surface area contributed by atoms with Gasteiger partial charge in [0, 0.05) is 17.3 Å². The van der Waals surface area contributed by atoms with E-state index in [0.29, 0.717) is 22.5 Å². The molecule has 28 heavy (non-hydrogen) atoms. The molecule has 1 aromatic carbocycles. The molecule has 0 aliphatic carbocycles. The van der Waals surface area contributed by atoms with Crippen molar-refractivity contribution in [2.75, 3.05) is 11.5 Å². The lowest BCUT2D eigenvalue weighted by molar-refractivity contribution is 0.534. The normalized spacial score (nSPS) is 11.7. The van der Waals surface area contributed by atoms with Crippen LogP contribution < -0.4 is 0 Å². The fourth-order valence-corrected chi connectivity index (χ4v) is 5.98. The SMILES string of the molecule is C=CCn1c(SCCS(=O)(=O)c2cc(Cl)ccc2Cl)nnc1-c1ccoc1C. The average Bonchev–Trinajstić information content (AvgIpc) is 3.23. The molecule has 3 rings (SSSR count). The first-order valence-corrected chi connectivity index (χ1v) is 11.6. The summed E-state index contributed by atoms with van der Waals surface area (Å²) in [5.74, 6) is 1.55. The van der Waals surface area contributed by atoms with Gasteiger partial charge in [-0.1, -0.05) is 41.0 Å². The first kappa shape index (κ1) is 21.0. The van der Waals surface area contributed by atoms with Crippen LogP contribution >= 0.6 is 35.0 Å². The largest absolute Gasteiger partial charge is 0.469 e. The molecule has 0 radical (unpaired) electrons. The van der Waals surface area contributed by atoms with E-state index in [0.717, 1.165) is 11.3 Å². The average molecular weight is 458 g/mol. The summed E-state index contributed by atoms with van der Waals surface area (Å²) in [6.07, 6.45) is 3.32. The molecule has 0 bridgehead atoms. The maximum Gasteiger partial charge on any atom is 0.191 e. The Hall–Kier alpha value is -1.74. The minimum Gasteiger partial charge on any atom is -0.469 e. The number of nitrogens with zero attached hydrogens (tertiary/aromatic N) is 3. The van der Waals surface area contributed by atoms with Gasteiger partial charge < -0.3 is 4.42 Å². The molecule has 0 aliphatic rings. The number of rotatable bonds is 8. The molecule has 2 aromatic heterocycles. The van der Waals surface area contributed by atoms with E-state index in [-0.39, 0.29) is 21.4 Å². The van der Waals surface area contributed by atoms with Crippen LogP contribution in [0.2, 0.25) is 10.0 Å². The lowest BCUT2D eigenvalue weighted by Gasteiger charge is -2.08. The molecule has 0 saturated carbocycles. The van der Waals surface area contributed by atoms with Crippen LogP contribution in [0.4, 0.5) is 0 Å². The van der Waals surface area contributed by atoms with Gasteiger partial charge >= 0.3 is 0 Å². The number of benzene rings is 1. The molecule has 0 atom stereocenters. The number of aromatic nitrogens is 3. The summed E-state index contributed by atoms with van der Waals surface area (Å²) in [5.41, 5.74) is 0.833. The number of thioether (sulfide) groups is 1. The number of furan rings is 1. The summed E-state index contributed by atoms with van der Waals surface area (Å²) in [5, 5.41) is 9.51. The number of hydrogen-bond donors (Lipinski definition) is 0. The molecule has 0 saturated heterocycles. The van der Waals surface area contributed by atoms with Crippen LogP contribution in [0.3, 0.4) is 0 Å². The Kier molecular flexibility index (Phi) is 6.54. The monoisotopic (exact) mass is 457 g/mol. The van der Waals surface area contributed by atoms with Crippen LogP contribution in [0.15, 0.2) is 57.7 Å². The van der Waals surface area contributed by atoms with Gasteiger partial charge in [0.1, 0.15) is 5.76 Å². The molecule has 2 heterocycles. The molecule has 148 valence electrons. The fraction of sp³-hybridized carbons (Fsp3) is 0.222. The van der Waals surface area contributed by atoms with E-state index in [1.165, 1.54) is 23.9 Å². The van der Waals surface area contributed by atoms with Gasteiger partial charge in [0.25, 0.3) is 0 Å². The number of hydrogen-bond acceptors (Lipinski definition) is 6. The van der Waals surface area contributed by atoms with Crippen LogP contribution in [0.25, 0.3) is 11.4 Å². The number of allylic oxidation sites excluding steroid dienone is 1. The van der Waals surface area contributed by atoms with Crippen molar-refractivity contribution in [3.63, 3.8) is 0 Å². The number of aryl methyl sites for hydroxylation is 1. The van der Waals surface area contributed by atoms with E-state index in [1.54, 1.807) is 18.4 Å². The van der Waals surface area contributed by atoms with Crippen molar-refractivity contribution in [3.8, 4) is 11.4 Å². The lowest BCUT2D eigenvalue weighted by Crippen LogP contribution is -2.10. The Morgan fingerprint density at radius 3 is 2.75 bits per heavy atom. The van der Waals surface area contributed by atoms with Crippen molar-refractivity contribution in [2.45, 2.75) is 23.5 Å². The summed E-state index contributed by atoms with van der Waals surface area (Å²) in [6, 6.07) is 6.21. The highest BCUT2D eigenvalue weighted by Crippen LogP contribution is 2.29. The van der Waals surface area contributed by atoms with E-state index in [9.17, 15) is 8.42 Å².